The van der Waals surface area contributed by atoms with Crippen LogP contribution < -0.4 is 30.2 Å². The topological polar surface area (TPSA) is 135 Å². The average molecular weight is 565 g/mol. The van der Waals surface area contributed by atoms with Crippen molar-refractivity contribution in [3.8, 4) is 17.2 Å². The van der Waals surface area contributed by atoms with Crippen LogP contribution in [0.5, 0.6) is 17.2 Å². The average Bonchev–Trinajstić information content (AvgIpc) is 3.37. The Kier molecular flexibility index (Phi) is 8.61. The predicted octanol–water partition coefficient (Wildman–Crippen LogP) is 2.21. The first-order chi connectivity index (χ1) is 19.9. The Morgan fingerprint density at radius 3 is 2.56 bits per heavy atom. The molecule has 0 saturated carbocycles. The van der Waals surface area contributed by atoms with Crippen molar-refractivity contribution in [1.29, 1.82) is 0 Å². The van der Waals surface area contributed by atoms with Gasteiger partial charge in [0.25, 0.3) is 11.8 Å². The second-order valence-corrected chi connectivity index (χ2v) is 10.6. The fourth-order valence-corrected chi connectivity index (χ4v) is 5.86. The molecule has 0 aromatic heterocycles. The fourth-order valence-electron chi connectivity index (χ4n) is 5.86. The standard InChI is InChI=1S/C30H36N4O7/c1-39-25-13-18-5-10-26(35)32-16-22-8-7-21(15-27(36)31-11-3-4-19(12-18)29(25)40-2)34(22)30(38)20-6-9-23-24(14-20)41-17-28(37)33-23/h6,9,12-14,21-22H,3-5,7-8,10-11,15-17H2,1-2H3,(H,31,36)(H,32,35)(H,33,37)/t21-,22+/m0/s1. The summed E-state index contributed by atoms with van der Waals surface area (Å²) in [6, 6.07) is 8.27. The third-order valence-electron chi connectivity index (χ3n) is 7.87. The number of nitrogens with one attached hydrogen (secondary N) is 3. The molecule has 11 nitrogen and oxygen atoms in total. The summed E-state index contributed by atoms with van der Waals surface area (Å²) in [6.07, 6.45) is 3.65. The molecule has 0 spiro atoms. The Bertz CT molecular complexity index is 1340. The maximum Gasteiger partial charge on any atom is 0.262 e. The van der Waals surface area contributed by atoms with Crippen LogP contribution in [0.25, 0.3) is 0 Å². The first-order valence-corrected chi connectivity index (χ1v) is 14.0. The predicted molar refractivity (Wildman–Crippen MR) is 150 cm³/mol. The molecule has 2 aromatic carbocycles. The molecule has 3 aliphatic rings. The highest BCUT2D eigenvalue weighted by Crippen LogP contribution is 2.35. The molecule has 0 unspecified atom stereocenters. The van der Waals surface area contributed by atoms with Crippen molar-refractivity contribution in [2.24, 2.45) is 0 Å². The Balaban J connectivity index is 1.36. The summed E-state index contributed by atoms with van der Waals surface area (Å²) in [7, 11) is 3.19. The second kappa shape index (κ2) is 12.5. The number of rotatable bonds is 3. The number of nitrogens with zero attached hydrogens (tertiary/aromatic N) is 1. The van der Waals surface area contributed by atoms with Gasteiger partial charge in [0.15, 0.2) is 18.1 Å². The van der Waals surface area contributed by atoms with Gasteiger partial charge in [-0.2, -0.15) is 0 Å². The first-order valence-electron chi connectivity index (χ1n) is 14.0. The van der Waals surface area contributed by atoms with Gasteiger partial charge in [0.05, 0.1) is 19.9 Å². The maximum absolute atomic E-state index is 13.8. The van der Waals surface area contributed by atoms with Crippen LogP contribution in [0, 0.1) is 0 Å². The van der Waals surface area contributed by atoms with E-state index in [-0.39, 0.29) is 61.7 Å². The van der Waals surface area contributed by atoms with Gasteiger partial charge in [-0.1, -0.05) is 6.07 Å². The van der Waals surface area contributed by atoms with Gasteiger partial charge < -0.3 is 35.1 Å². The second-order valence-electron chi connectivity index (χ2n) is 10.6. The van der Waals surface area contributed by atoms with E-state index in [0.29, 0.717) is 67.1 Å². The molecular weight excluding hydrogens is 528 g/mol. The SMILES string of the molecule is COc1cc2cc(c1OC)CCCNC(=O)C[C@@H]1CC[C@H](CNC(=O)CC2)N1C(=O)c1ccc2c(c1)OCC(=O)N2. The number of amides is 4. The highest BCUT2D eigenvalue weighted by molar-refractivity contribution is 5.99. The Morgan fingerprint density at radius 1 is 0.927 bits per heavy atom. The van der Waals surface area contributed by atoms with E-state index >= 15 is 0 Å². The Morgan fingerprint density at radius 2 is 1.76 bits per heavy atom. The molecule has 4 amide bonds. The molecule has 0 radical (unpaired) electrons. The Labute approximate surface area is 238 Å². The Hall–Kier alpha value is -4.28. The molecule has 1 fully saturated rings. The number of carbonyl (C=O) groups is 4. The highest BCUT2D eigenvalue weighted by Gasteiger charge is 2.38. The molecule has 5 rings (SSSR count). The van der Waals surface area contributed by atoms with E-state index in [4.69, 9.17) is 14.2 Å². The normalized spacial score (nSPS) is 21.4. The van der Waals surface area contributed by atoms with Crippen LogP contribution in [0.1, 0.15) is 53.6 Å². The van der Waals surface area contributed by atoms with Gasteiger partial charge >= 0.3 is 0 Å². The van der Waals surface area contributed by atoms with Crippen molar-refractivity contribution in [2.75, 3.05) is 39.2 Å². The van der Waals surface area contributed by atoms with E-state index in [1.807, 2.05) is 12.1 Å². The molecule has 0 aliphatic carbocycles. The van der Waals surface area contributed by atoms with E-state index in [2.05, 4.69) is 16.0 Å². The summed E-state index contributed by atoms with van der Waals surface area (Å²) in [4.78, 5) is 53.1. The van der Waals surface area contributed by atoms with E-state index in [0.717, 1.165) is 11.1 Å². The van der Waals surface area contributed by atoms with Crippen LogP contribution in [-0.4, -0.2) is 74.5 Å². The highest BCUT2D eigenvalue weighted by atomic mass is 16.5. The minimum Gasteiger partial charge on any atom is -0.493 e. The summed E-state index contributed by atoms with van der Waals surface area (Å²) in [6.45, 7) is 0.652. The maximum atomic E-state index is 13.8. The molecule has 218 valence electrons. The monoisotopic (exact) mass is 564 g/mol. The number of carbonyl (C=O) groups excluding carboxylic acids is 4. The molecular formula is C30H36N4O7. The van der Waals surface area contributed by atoms with E-state index in [1.54, 1.807) is 37.3 Å². The van der Waals surface area contributed by atoms with Gasteiger partial charge in [0.1, 0.15) is 5.75 Å². The van der Waals surface area contributed by atoms with Crippen LogP contribution in [0.2, 0.25) is 0 Å². The summed E-state index contributed by atoms with van der Waals surface area (Å²) < 4.78 is 16.6. The van der Waals surface area contributed by atoms with Crippen molar-refractivity contribution in [3.63, 3.8) is 0 Å². The quantitative estimate of drug-likeness (QED) is 0.520. The third-order valence-corrected chi connectivity index (χ3v) is 7.87. The number of hydrogen-bond acceptors (Lipinski definition) is 7. The van der Waals surface area contributed by atoms with Crippen LogP contribution >= 0.6 is 0 Å². The van der Waals surface area contributed by atoms with Crippen LogP contribution in [0.15, 0.2) is 30.3 Å². The lowest BCUT2D eigenvalue weighted by molar-refractivity contribution is -0.123. The lowest BCUT2D eigenvalue weighted by atomic mass is 10.0. The first kappa shape index (κ1) is 28.3. The van der Waals surface area contributed by atoms with Crippen molar-refractivity contribution < 1.29 is 33.4 Å². The summed E-state index contributed by atoms with van der Waals surface area (Å²) >= 11 is 0. The van der Waals surface area contributed by atoms with Gasteiger partial charge in [0.2, 0.25) is 11.8 Å². The number of anilines is 1. The van der Waals surface area contributed by atoms with Crippen molar-refractivity contribution in [2.45, 2.75) is 57.0 Å². The molecule has 3 aliphatic heterocycles. The van der Waals surface area contributed by atoms with Crippen molar-refractivity contribution >= 4 is 29.3 Å². The van der Waals surface area contributed by atoms with Gasteiger partial charge in [-0.15, -0.1) is 0 Å². The number of fused-ring (bicyclic) bond motifs is 5. The number of benzene rings is 2. The zero-order valence-electron chi connectivity index (χ0n) is 23.4. The number of hydrogen-bond donors (Lipinski definition) is 3. The van der Waals surface area contributed by atoms with Crippen LogP contribution in [-0.2, 0) is 27.2 Å². The van der Waals surface area contributed by atoms with Crippen LogP contribution in [0.3, 0.4) is 0 Å². The van der Waals surface area contributed by atoms with Gasteiger partial charge in [-0.25, -0.2) is 0 Å². The molecule has 2 aromatic rings. The van der Waals surface area contributed by atoms with Gasteiger partial charge in [-0.05, 0) is 67.5 Å². The molecule has 2 atom stereocenters. The van der Waals surface area contributed by atoms with Crippen molar-refractivity contribution in [3.05, 3.63) is 47.0 Å². The summed E-state index contributed by atoms with van der Waals surface area (Å²) in [5, 5.41) is 8.74. The largest absolute Gasteiger partial charge is 0.493 e. The molecule has 3 heterocycles. The lowest BCUT2D eigenvalue weighted by Gasteiger charge is -2.31. The van der Waals surface area contributed by atoms with E-state index < -0.39 is 0 Å². The number of methoxy groups -OCH3 is 2. The summed E-state index contributed by atoms with van der Waals surface area (Å²) in [5.74, 6) is 0.968. The minimum absolute atomic E-state index is 0.114. The molecule has 3 N–H and O–H groups in total. The van der Waals surface area contributed by atoms with Gasteiger partial charge in [0, 0.05) is 43.6 Å². The number of aryl methyl sites for hydroxylation is 2. The van der Waals surface area contributed by atoms with E-state index in [9.17, 15) is 19.2 Å². The third kappa shape index (κ3) is 6.39. The fraction of sp³-hybridized carbons (Fsp3) is 0.467. The molecule has 1 saturated heterocycles. The van der Waals surface area contributed by atoms with Crippen LogP contribution in [0.4, 0.5) is 5.69 Å². The molecule has 11 heteroatoms. The molecule has 41 heavy (non-hydrogen) atoms. The zero-order valence-corrected chi connectivity index (χ0v) is 23.4. The number of ether oxygens (including phenoxy) is 3. The zero-order chi connectivity index (χ0) is 28.9. The molecule has 4 bridgehead atoms. The minimum atomic E-state index is -0.309. The smallest absolute Gasteiger partial charge is 0.262 e. The van der Waals surface area contributed by atoms with Gasteiger partial charge in [-0.3, -0.25) is 19.2 Å². The van der Waals surface area contributed by atoms with Crippen molar-refractivity contribution in [1.82, 2.24) is 15.5 Å². The summed E-state index contributed by atoms with van der Waals surface area (Å²) in [5.41, 5.74) is 2.84. The van der Waals surface area contributed by atoms with E-state index in [1.165, 1.54) is 0 Å². The lowest BCUT2D eigenvalue weighted by Crippen LogP contribution is -2.47.